The van der Waals surface area contributed by atoms with Gasteiger partial charge in [0.15, 0.2) is 0 Å². The van der Waals surface area contributed by atoms with Crippen molar-refractivity contribution in [2.75, 3.05) is 19.8 Å². The maximum atomic E-state index is 12.3. The summed E-state index contributed by atoms with van der Waals surface area (Å²) >= 11 is 0. The highest BCUT2D eigenvalue weighted by atomic mass is 16.6. The second kappa shape index (κ2) is 14.8. The molecule has 0 aliphatic carbocycles. The zero-order valence-electron chi connectivity index (χ0n) is 21.2. The molecule has 6 heteroatoms. The molecule has 0 amide bonds. The van der Waals surface area contributed by atoms with Crippen molar-refractivity contribution in [3.63, 3.8) is 0 Å². The minimum Gasteiger partial charge on any atom is -0.462 e. The molecule has 0 atom stereocenters. The molecule has 0 saturated carbocycles. The van der Waals surface area contributed by atoms with Gasteiger partial charge >= 0.3 is 17.9 Å². The molecule has 0 bridgehead atoms. The molecule has 0 spiro atoms. The van der Waals surface area contributed by atoms with Gasteiger partial charge in [0.05, 0.1) is 5.41 Å². The van der Waals surface area contributed by atoms with E-state index in [2.05, 4.69) is 0 Å². The van der Waals surface area contributed by atoms with Crippen LogP contribution in [0.3, 0.4) is 0 Å². The first-order valence-corrected chi connectivity index (χ1v) is 12.1. The lowest BCUT2D eigenvalue weighted by molar-refractivity contribution is -0.154. The summed E-state index contributed by atoms with van der Waals surface area (Å²) in [5, 5.41) is 0. The minimum absolute atomic E-state index is 0.129. The molecule has 6 nitrogen and oxygen atoms in total. The molecule has 0 aromatic heterocycles. The number of rotatable bonds is 12. The maximum absolute atomic E-state index is 12.3. The molecule has 0 radical (unpaired) electrons. The zero-order valence-corrected chi connectivity index (χ0v) is 21.2. The van der Waals surface area contributed by atoms with Crippen LogP contribution in [0.1, 0.15) is 23.6 Å². The van der Waals surface area contributed by atoms with Gasteiger partial charge in [0, 0.05) is 18.2 Å². The first-order valence-electron chi connectivity index (χ1n) is 12.1. The van der Waals surface area contributed by atoms with Crippen molar-refractivity contribution in [3.05, 3.63) is 126 Å². The number of hydrogen-bond acceptors (Lipinski definition) is 6. The highest BCUT2D eigenvalue weighted by Gasteiger charge is 2.30. The second-order valence-corrected chi connectivity index (χ2v) is 8.87. The molecule has 0 fully saturated rings. The van der Waals surface area contributed by atoms with Gasteiger partial charge in [-0.25, -0.2) is 14.4 Å². The number of benzene rings is 3. The molecule has 0 aliphatic rings. The Labute approximate surface area is 222 Å². The molecule has 0 heterocycles. The van der Waals surface area contributed by atoms with Gasteiger partial charge < -0.3 is 14.2 Å². The Morgan fingerprint density at radius 3 is 1.05 bits per heavy atom. The van der Waals surface area contributed by atoms with Gasteiger partial charge in [0.2, 0.25) is 0 Å². The molecular formula is C32H30O6. The molecule has 0 N–H and O–H groups in total. The minimum atomic E-state index is -0.970. The van der Waals surface area contributed by atoms with Crippen LogP contribution < -0.4 is 0 Å². The van der Waals surface area contributed by atoms with Crippen molar-refractivity contribution >= 4 is 36.1 Å². The normalized spacial score (nSPS) is 11.6. The van der Waals surface area contributed by atoms with E-state index in [9.17, 15) is 14.4 Å². The van der Waals surface area contributed by atoms with E-state index in [4.69, 9.17) is 14.2 Å². The molecule has 0 unspecified atom stereocenters. The fourth-order valence-corrected chi connectivity index (χ4v) is 3.19. The standard InChI is InChI=1S/C32H30O6/c1-32(23-36-29(33)20-17-26-11-5-2-6-12-26,24-37-30(34)21-18-27-13-7-3-8-14-27)25-38-31(35)22-19-28-15-9-4-10-16-28/h2-22H,23-25H2,1H3/b20-17+,21-18+,22-19+. The summed E-state index contributed by atoms with van der Waals surface area (Å²) in [6.07, 6.45) is 8.88. The third-order valence-electron chi connectivity index (χ3n) is 5.32. The van der Waals surface area contributed by atoms with Crippen molar-refractivity contribution in [2.45, 2.75) is 6.92 Å². The van der Waals surface area contributed by atoms with Crippen LogP contribution in [0, 0.1) is 5.41 Å². The average Bonchev–Trinajstić information content (AvgIpc) is 2.96. The van der Waals surface area contributed by atoms with Gasteiger partial charge in [-0.3, -0.25) is 0 Å². The Hall–Kier alpha value is -4.71. The Morgan fingerprint density at radius 2 is 0.789 bits per heavy atom. The van der Waals surface area contributed by atoms with Gasteiger partial charge in [-0.1, -0.05) is 91.0 Å². The molecule has 194 valence electrons. The summed E-state index contributed by atoms with van der Waals surface area (Å²) in [6, 6.07) is 28.0. The van der Waals surface area contributed by atoms with E-state index in [-0.39, 0.29) is 19.8 Å². The third-order valence-corrected chi connectivity index (χ3v) is 5.32. The van der Waals surface area contributed by atoms with Crippen LogP contribution in [0.15, 0.2) is 109 Å². The second-order valence-electron chi connectivity index (χ2n) is 8.87. The van der Waals surface area contributed by atoms with Gasteiger partial charge in [0.1, 0.15) is 19.8 Å². The van der Waals surface area contributed by atoms with E-state index in [1.807, 2.05) is 91.0 Å². The largest absolute Gasteiger partial charge is 0.462 e. The summed E-state index contributed by atoms with van der Waals surface area (Å²) in [4.78, 5) is 36.9. The van der Waals surface area contributed by atoms with Gasteiger partial charge in [-0.15, -0.1) is 0 Å². The first-order chi connectivity index (χ1) is 18.4. The van der Waals surface area contributed by atoms with Crippen LogP contribution in [0.4, 0.5) is 0 Å². The van der Waals surface area contributed by atoms with Crippen LogP contribution in [0.2, 0.25) is 0 Å². The first kappa shape index (κ1) is 27.9. The molecule has 0 saturated heterocycles. The quantitative estimate of drug-likeness (QED) is 0.175. The van der Waals surface area contributed by atoms with Crippen LogP contribution in [-0.4, -0.2) is 37.7 Å². The summed E-state index contributed by atoms with van der Waals surface area (Å²) in [6.45, 7) is 1.33. The van der Waals surface area contributed by atoms with Crippen LogP contribution in [0.5, 0.6) is 0 Å². The Morgan fingerprint density at radius 1 is 0.526 bits per heavy atom. The maximum Gasteiger partial charge on any atom is 0.330 e. The predicted octanol–water partition coefficient (Wildman–Crippen LogP) is 5.76. The molecule has 0 aliphatic heterocycles. The highest BCUT2D eigenvalue weighted by Crippen LogP contribution is 2.20. The lowest BCUT2D eigenvalue weighted by Crippen LogP contribution is -2.36. The lowest BCUT2D eigenvalue weighted by Gasteiger charge is -2.27. The van der Waals surface area contributed by atoms with Crippen molar-refractivity contribution in [2.24, 2.45) is 5.41 Å². The topological polar surface area (TPSA) is 78.9 Å². The third kappa shape index (κ3) is 10.5. The van der Waals surface area contributed by atoms with Crippen molar-refractivity contribution in [1.82, 2.24) is 0 Å². The van der Waals surface area contributed by atoms with Crippen LogP contribution >= 0.6 is 0 Å². The smallest absolute Gasteiger partial charge is 0.330 e. The van der Waals surface area contributed by atoms with Crippen molar-refractivity contribution < 1.29 is 28.6 Å². The van der Waals surface area contributed by atoms with Crippen molar-refractivity contribution in [3.8, 4) is 0 Å². The molecule has 3 aromatic rings. The Balaban J connectivity index is 1.59. The monoisotopic (exact) mass is 510 g/mol. The Bertz CT molecular complexity index is 1100. The van der Waals surface area contributed by atoms with Crippen LogP contribution in [0.25, 0.3) is 18.2 Å². The number of hydrogen-bond donors (Lipinski definition) is 0. The SMILES string of the molecule is CC(COC(=O)/C=C/c1ccccc1)(COC(=O)/C=C/c1ccccc1)COC(=O)/C=C/c1ccccc1. The van der Waals surface area contributed by atoms with E-state index < -0.39 is 23.3 Å². The van der Waals surface area contributed by atoms with Gasteiger partial charge in [0.25, 0.3) is 0 Å². The van der Waals surface area contributed by atoms with Gasteiger partial charge in [-0.05, 0) is 41.8 Å². The predicted molar refractivity (Wildman–Crippen MR) is 147 cm³/mol. The molecule has 3 aromatic carbocycles. The summed E-state index contributed by atoms with van der Waals surface area (Å²) in [5.41, 5.74) is 1.59. The van der Waals surface area contributed by atoms with E-state index in [1.54, 1.807) is 25.2 Å². The Kier molecular flexibility index (Phi) is 10.8. The van der Waals surface area contributed by atoms with Crippen molar-refractivity contribution in [1.29, 1.82) is 0 Å². The molecular weight excluding hydrogens is 480 g/mol. The summed E-state index contributed by atoms with van der Waals surface area (Å²) in [7, 11) is 0. The van der Waals surface area contributed by atoms with E-state index in [1.165, 1.54) is 18.2 Å². The van der Waals surface area contributed by atoms with E-state index in [0.717, 1.165) is 16.7 Å². The lowest BCUT2D eigenvalue weighted by atomic mass is 9.94. The number of carbonyl (C=O) groups is 3. The zero-order chi connectivity index (χ0) is 27.1. The molecule has 3 rings (SSSR count). The average molecular weight is 511 g/mol. The molecule has 38 heavy (non-hydrogen) atoms. The van der Waals surface area contributed by atoms with Gasteiger partial charge in [-0.2, -0.15) is 0 Å². The summed E-state index contributed by atoms with van der Waals surface area (Å²) in [5.74, 6) is -1.69. The number of ether oxygens (including phenoxy) is 3. The fraction of sp³-hybridized carbons (Fsp3) is 0.156. The summed E-state index contributed by atoms with van der Waals surface area (Å²) < 4.78 is 16.2. The fourth-order valence-electron chi connectivity index (χ4n) is 3.19. The number of esters is 3. The van der Waals surface area contributed by atoms with E-state index >= 15 is 0 Å². The van der Waals surface area contributed by atoms with Crippen LogP contribution in [-0.2, 0) is 28.6 Å². The highest BCUT2D eigenvalue weighted by molar-refractivity contribution is 5.88. The van der Waals surface area contributed by atoms with E-state index in [0.29, 0.717) is 0 Å². The number of carbonyl (C=O) groups excluding carboxylic acids is 3.